The van der Waals surface area contributed by atoms with Gasteiger partial charge in [-0.25, -0.2) is 0 Å². The van der Waals surface area contributed by atoms with Crippen molar-refractivity contribution < 1.29 is 14.3 Å². The van der Waals surface area contributed by atoms with Gasteiger partial charge in [0.1, 0.15) is 6.04 Å². The van der Waals surface area contributed by atoms with Crippen molar-refractivity contribution in [3.05, 3.63) is 0 Å². The molecule has 1 N–H and O–H groups in total. The molecule has 1 aliphatic heterocycles. The number of ether oxygens (including phenoxy) is 1. The van der Waals surface area contributed by atoms with Crippen LogP contribution in [0.5, 0.6) is 0 Å². The number of hydrogen-bond acceptors (Lipinski definition) is 3. The smallest absolute Gasteiger partial charge is 0.243 e. The maximum Gasteiger partial charge on any atom is 0.243 e. The first-order valence-electron chi connectivity index (χ1n) is 6.12. The van der Waals surface area contributed by atoms with Gasteiger partial charge in [0.05, 0.1) is 19.3 Å². The van der Waals surface area contributed by atoms with Crippen LogP contribution in [0.3, 0.4) is 0 Å². The number of rotatable bonds is 5. The molecule has 0 aromatic rings. The number of hydrogen-bond donors (Lipinski definition) is 1. The van der Waals surface area contributed by atoms with Gasteiger partial charge < -0.3 is 15.0 Å². The monoisotopic (exact) mass is 242 g/mol. The Labute approximate surface area is 102 Å². The number of nitrogens with one attached hydrogen (secondary N) is 1. The van der Waals surface area contributed by atoms with Crippen molar-refractivity contribution in [2.24, 2.45) is 5.92 Å². The van der Waals surface area contributed by atoms with Gasteiger partial charge in [-0.15, -0.1) is 0 Å². The van der Waals surface area contributed by atoms with Crippen LogP contribution in [-0.2, 0) is 14.3 Å². The molecule has 0 saturated carbocycles. The van der Waals surface area contributed by atoms with Crippen LogP contribution in [0.2, 0.25) is 0 Å². The zero-order chi connectivity index (χ0) is 13.0. The maximum atomic E-state index is 11.8. The fourth-order valence-electron chi connectivity index (χ4n) is 1.98. The molecular formula is C12H22N2O3. The summed E-state index contributed by atoms with van der Waals surface area (Å²) in [6.07, 6.45) is 0.140. The first-order chi connectivity index (χ1) is 7.93. The Bertz CT molecular complexity index is 289. The van der Waals surface area contributed by atoms with Crippen molar-refractivity contribution in [2.75, 3.05) is 19.7 Å². The van der Waals surface area contributed by atoms with E-state index < -0.39 is 0 Å². The largest absolute Gasteiger partial charge is 0.377 e. The fraction of sp³-hybridized carbons (Fsp3) is 0.833. The fourth-order valence-corrected chi connectivity index (χ4v) is 1.98. The number of amides is 2. The third-order valence-corrected chi connectivity index (χ3v) is 2.75. The van der Waals surface area contributed by atoms with Gasteiger partial charge in [0.25, 0.3) is 0 Å². The molecule has 0 spiro atoms. The van der Waals surface area contributed by atoms with E-state index in [1.54, 1.807) is 4.90 Å². The Morgan fingerprint density at radius 2 is 2.00 bits per heavy atom. The number of carbonyl (C=O) groups excluding carboxylic acids is 2. The standard InChI is InChI=1S/C12H22N2O3/c1-8(2)11-12(16)13-7-10(15)14(11)5-6-17-9(3)4/h8-9,11H,5-7H2,1-4H3,(H,13,16). The Morgan fingerprint density at radius 3 is 2.53 bits per heavy atom. The van der Waals surface area contributed by atoms with Gasteiger partial charge in [-0.1, -0.05) is 13.8 Å². The summed E-state index contributed by atoms with van der Waals surface area (Å²) < 4.78 is 5.43. The predicted molar refractivity (Wildman–Crippen MR) is 64.4 cm³/mol. The van der Waals surface area contributed by atoms with Crippen molar-refractivity contribution in [1.82, 2.24) is 10.2 Å². The molecular weight excluding hydrogens is 220 g/mol. The van der Waals surface area contributed by atoms with E-state index in [0.717, 1.165) is 0 Å². The predicted octanol–water partition coefficient (Wildman–Crippen LogP) is 0.394. The molecule has 1 rings (SSSR count). The highest BCUT2D eigenvalue weighted by Gasteiger charge is 2.35. The van der Waals surface area contributed by atoms with Crippen LogP contribution in [0.15, 0.2) is 0 Å². The van der Waals surface area contributed by atoms with E-state index in [-0.39, 0.29) is 36.4 Å². The highest BCUT2D eigenvalue weighted by atomic mass is 16.5. The van der Waals surface area contributed by atoms with Crippen LogP contribution < -0.4 is 5.32 Å². The molecule has 1 heterocycles. The van der Waals surface area contributed by atoms with Crippen molar-refractivity contribution in [2.45, 2.75) is 39.8 Å². The zero-order valence-corrected chi connectivity index (χ0v) is 11.0. The normalized spacial score (nSPS) is 21.3. The molecule has 1 fully saturated rings. The molecule has 17 heavy (non-hydrogen) atoms. The Morgan fingerprint density at radius 1 is 1.35 bits per heavy atom. The Kier molecular flexibility index (Phi) is 4.93. The van der Waals surface area contributed by atoms with Gasteiger partial charge in [0.2, 0.25) is 11.8 Å². The second-order valence-electron chi connectivity index (χ2n) is 4.91. The summed E-state index contributed by atoms with van der Waals surface area (Å²) >= 11 is 0. The van der Waals surface area contributed by atoms with Gasteiger partial charge in [0.15, 0.2) is 0 Å². The quantitative estimate of drug-likeness (QED) is 0.759. The molecule has 1 aliphatic rings. The molecule has 1 atom stereocenters. The first-order valence-corrected chi connectivity index (χ1v) is 6.12. The molecule has 1 saturated heterocycles. The van der Waals surface area contributed by atoms with Crippen LogP contribution in [0.4, 0.5) is 0 Å². The maximum absolute atomic E-state index is 11.8. The van der Waals surface area contributed by atoms with Crippen LogP contribution in [0, 0.1) is 5.92 Å². The Balaban J connectivity index is 2.62. The van der Waals surface area contributed by atoms with Crippen molar-refractivity contribution in [3.8, 4) is 0 Å². The number of nitrogens with zero attached hydrogens (tertiary/aromatic N) is 1. The van der Waals surface area contributed by atoms with Gasteiger partial charge in [-0.05, 0) is 19.8 Å². The molecule has 5 nitrogen and oxygen atoms in total. The minimum atomic E-state index is -0.369. The molecule has 0 aliphatic carbocycles. The third kappa shape index (κ3) is 3.70. The van der Waals surface area contributed by atoms with Crippen molar-refractivity contribution in [1.29, 1.82) is 0 Å². The van der Waals surface area contributed by atoms with Gasteiger partial charge in [-0.2, -0.15) is 0 Å². The lowest BCUT2D eigenvalue weighted by Gasteiger charge is -2.37. The van der Waals surface area contributed by atoms with Gasteiger partial charge in [-0.3, -0.25) is 9.59 Å². The van der Waals surface area contributed by atoms with Crippen LogP contribution in [0.25, 0.3) is 0 Å². The summed E-state index contributed by atoms with van der Waals surface area (Å²) in [6, 6.07) is -0.369. The van der Waals surface area contributed by atoms with Gasteiger partial charge in [0, 0.05) is 6.54 Å². The third-order valence-electron chi connectivity index (χ3n) is 2.75. The second kappa shape index (κ2) is 6.00. The Hall–Kier alpha value is -1.10. The van der Waals surface area contributed by atoms with E-state index in [0.29, 0.717) is 13.2 Å². The SMILES string of the molecule is CC(C)OCCN1C(=O)CNC(=O)C1C(C)C. The van der Waals surface area contributed by atoms with E-state index in [1.807, 2.05) is 27.7 Å². The summed E-state index contributed by atoms with van der Waals surface area (Å²) in [4.78, 5) is 25.2. The lowest BCUT2D eigenvalue weighted by atomic mass is 9.99. The summed E-state index contributed by atoms with van der Waals surface area (Å²) in [6.45, 7) is 8.84. The minimum Gasteiger partial charge on any atom is -0.377 e. The molecule has 2 amide bonds. The average Bonchev–Trinajstić information content (AvgIpc) is 2.22. The molecule has 0 bridgehead atoms. The highest BCUT2D eigenvalue weighted by Crippen LogP contribution is 2.14. The summed E-state index contributed by atoms with van der Waals surface area (Å²) in [5, 5.41) is 2.62. The van der Waals surface area contributed by atoms with Crippen LogP contribution >= 0.6 is 0 Å². The van der Waals surface area contributed by atoms with Crippen LogP contribution in [0.1, 0.15) is 27.7 Å². The summed E-state index contributed by atoms with van der Waals surface area (Å²) in [7, 11) is 0. The highest BCUT2D eigenvalue weighted by molar-refractivity contribution is 5.94. The molecule has 98 valence electrons. The van der Waals surface area contributed by atoms with E-state index in [9.17, 15) is 9.59 Å². The molecule has 5 heteroatoms. The molecule has 1 unspecified atom stereocenters. The van der Waals surface area contributed by atoms with Crippen molar-refractivity contribution >= 4 is 11.8 Å². The van der Waals surface area contributed by atoms with E-state index in [4.69, 9.17) is 4.74 Å². The molecule has 0 radical (unpaired) electrons. The van der Waals surface area contributed by atoms with E-state index in [1.165, 1.54) is 0 Å². The minimum absolute atomic E-state index is 0.0318. The summed E-state index contributed by atoms with van der Waals surface area (Å²) in [5.41, 5.74) is 0. The topological polar surface area (TPSA) is 58.6 Å². The molecule has 0 aromatic carbocycles. The summed E-state index contributed by atoms with van der Waals surface area (Å²) in [5.74, 6) is 0.0121. The average molecular weight is 242 g/mol. The number of piperazine rings is 1. The molecule has 0 aromatic heterocycles. The van der Waals surface area contributed by atoms with Crippen LogP contribution in [-0.4, -0.2) is 48.6 Å². The van der Waals surface area contributed by atoms with E-state index in [2.05, 4.69) is 5.32 Å². The lowest BCUT2D eigenvalue weighted by molar-refractivity contribution is -0.148. The second-order valence-corrected chi connectivity index (χ2v) is 4.91. The number of carbonyl (C=O) groups is 2. The van der Waals surface area contributed by atoms with E-state index >= 15 is 0 Å². The van der Waals surface area contributed by atoms with Crippen molar-refractivity contribution in [3.63, 3.8) is 0 Å². The zero-order valence-electron chi connectivity index (χ0n) is 11.0. The first kappa shape index (κ1) is 14.0. The van der Waals surface area contributed by atoms with Gasteiger partial charge >= 0.3 is 0 Å². The lowest BCUT2D eigenvalue weighted by Crippen LogP contribution is -2.60.